The van der Waals surface area contributed by atoms with Crippen LogP contribution in [-0.2, 0) is 6.18 Å². The molecule has 0 radical (unpaired) electrons. The molecule has 0 saturated carbocycles. The molecule has 36 heavy (non-hydrogen) atoms. The number of anilines is 3. The second-order valence-electron chi connectivity index (χ2n) is 7.92. The summed E-state index contributed by atoms with van der Waals surface area (Å²) in [7, 11) is 1.77. The zero-order chi connectivity index (χ0) is 26.0. The van der Waals surface area contributed by atoms with Gasteiger partial charge in [-0.25, -0.2) is 19.7 Å². The van der Waals surface area contributed by atoms with Gasteiger partial charge < -0.3 is 15.3 Å². The number of hydrogen-bond acceptors (Lipinski definition) is 7. The Kier molecular flexibility index (Phi) is 6.77. The highest BCUT2D eigenvalue weighted by Gasteiger charge is 2.32. The summed E-state index contributed by atoms with van der Waals surface area (Å²) in [5, 5.41) is 22.1. The van der Waals surface area contributed by atoms with E-state index in [9.17, 15) is 28.3 Å². The average Bonchev–Trinajstić information content (AvgIpc) is 3.28. The molecule has 2 amide bonds. The van der Waals surface area contributed by atoms with Gasteiger partial charge in [0.15, 0.2) is 17.0 Å². The van der Waals surface area contributed by atoms with E-state index in [0.717, 1.165) is 6.07 Å². The van der Waals surface area contributed by atoms with E-state index in [1.165, 1.54) is 37.5 Å². The maximum atomic E-state index is 13.1. The van der Waals surface area contributed by atoms with E-state index in [2.05, 4.69) is 20.3 Å². The monoisotopic (exact) mass is 501 g/mol. The highest BCUT2D eigenvalue weighted by atomic mass is 19.4. The zero-order valence-corrected chi connectivity index (χ0v) is 19.2. The summed E-state index contributed by atoms with van der Waals surface area (Å²) in [5.74, 6) is 0.549. The number of nitrogens with one attached hydrogen (secondary N) is 1. The number of carbonyl (C=O) groups excluding carboxylic acids is 1. The van der Waals surface area contributed by atoms with Crippen molar-refractivity contribution in [3.63, 3.8) is 0 Å². The van der Waals surface area contributed by atoms with Gasteiger partial charge in [-0.2, -0.15) is 18.2 Å². The highest BCUT2D eigenvalue weighted by Crippen LogP contribution is 2.33. The normalized spacial score (nSPS) is 11.5. The first kappa shape index (κ1) is 24.9. The van der Waals surface area contributed by atoms with Gasteiger partial charge in [0.25, 0.3) is 0 Å². The fourth-order valence-corrected chi connectivity index (χ4v) is 3.60. The van der Waals surface area contributed by atoms with Crippen molar-refractivity contribution in [2.75, 3.05) is 35.5 Å². The number of carbonyl (C=O) groups is 1. The molecule has 188 valence electrons. The summed E-state index contributed by atoms with van der Waals surface area (Å²) in [6.07, 6.45) is -1.65. The minimum atomic E-state index is -4.57. The van der Waals surface area contributed by atoms with Crippen LogP contribution < -0.4 is 15.3 Å². The number of aromatic nitrogens is 4. The van der Waals surface area contributed by atoms with Gasteiger partial charge >= 0.3 is 12.2 Å². The largest absolute Gasteiger partial charge is 0.416 e. The Morgan fingerprint density at radius 3 is 2.50 bits per heavy atom. The lowest BCUT2D eigenvalue weighted by Crippen LogP contribution is -2.31. The van der Waals surface area contributed by atoms with E-state index in [4.69, 9.17) is 0 Å². The summed E-state index contributed by atoms with van der Waals surface area (Å²) in [4.78, 5) is 27.1. The molecular formula is C23H22F3N7O3. The molecule has 13 heteroatoms. The molecule has 0 saturated heterocycles. The molecule has 2 heterocycles. The molecule has 4 rings (SSSR count). The Morgan fingerprint density at radius 1 is 1.11 bits per heavy atom. The predicted molar refractivity (Wildman–Crippen MR) is 126 cm³/mol. The molecule has 0 unspecified atom stereocenters. The maximum absolute atomic E-state index is 13.1. The molecule has 0 aliphatic carbocycles. The van der Waals surface area contributed by atoms with Gasteiger partial charge in [-0.05, 0) is 48.9 Å². The number of nitrogens with zero attached hydrogens (tertiary/aromatic N) is 6. The fraction of sp³-hybridized carbons (Fsp3) is 0.217. The molecule has 10 nitrogen and oxygen atoms in total. The second-order valence-corrected chi connectivity index (χ2v) is 7.92. The first-order valence-electron chi connectivity index (χ1n) is 10.7. The zero-order valence-electron chi connectivity index (χ0n) is 19.2. The van der Waals surface area contributed by atoms with E-state index < -0.39 is 17.8 Å². The van der Waals surface area contributed by atoms with Crippen molar-refractivity contribution < 1.29 is 28.3 Å². The number of halogens is 3. The lowest BCUT2D eigenvalue weighted by Gasteiger charge is -2.18. The Morgan fingerprint density at radius 2 is 1.83 bits per heavy atom. The molecule has 0 atom stereocenters. The number of likely N-dealkylation sites (N-methyl/N-ethyl adjacent to an activating group) is 1. The van der Waals surface area contributed by atoms with Crippen LogP contribution in [0.5, 0.6) is 0 Å². The summed E-state index contributed by atoms with van der Waals surface area (Å²) >= 11 is 0. The van der Waals surface area contributed by atoms with Crippen LogP contribution in [0, 0.1) is 6.92 Å². The Bertz CT molecular complexity index is 1390. The number of amides is 2. The molecular weight excluding hydrogens is 479 g/mol. The Hall–Kier alpha value is -4.23. The van der Waals surface area contributed by atoms with Crippen LogP contribution in [-0.4, -0.2) is 56.1 Å². The van der Waals surface area contributed by atoms with Crippen molar-refractivity contribution >= 4 is 34.4 Å². The van der Waals surface area contributed by atoms with E-state index in [1.54, 1.807) is 35.0 Å². The molecule has 0 aliphatic heterocycles. The van der Waals surface area contributed by atoms with Gasteiger partial charge in [0.1, 0.15) is 12.7 Å². The third kappa shape index (κ3) is 4.92. The van der Waals surface area contributed by atoms with Gasteiger partial charge in [-0.15, -0.1) is 0 Å². The van der Waals surface area contributed by atoms with Crippen molar-refractivity contribution in [3.05, 3.63) is 66.2 Å². The van der Waals surface area contributed by atoms with Gasteiger partial charge in [0.05, 0.1) is 17.9 Å². The number of benzene rings is 2. The highest BCUT2D eigenvalue weighted by molar-refractivity contribution is 6.00. The molecule has 0 aliphatic rings. The fourth-order valence-electron chi connectivity index (χ4n) is 3.60. The van der Waals surface area contributed by atoms with Crippen molar-refractivity contribution in [2.45, 2.75) is 13.1 Å². The molecule has 4 aromatic rings. The van der Waals surface area contributed by atoms with Crippen LogP contribution in [0.4, 0.5) is 35.2 Å². The number of fused-ring (bicyclic) bond motifs is 1. The number of imidazole rings is 1. The van der Waals surface area contributed by atoms with Gasteiger partial charge in [0, 0.05) is 25.0 Å². The molecule has 0 spiro atoms. The number of aliphatic hydroxyl groups is 1. The number of alkyl halides is 3. The Balaban J connectivity index is 1.53. The molecule has 3 N–H and O–H groups in total. The van der Waals surface area contributed by atoms with Crippen LogP contribution in [0.25, 0.3) is 16.9 Å². The number of rotatable bonds is 6. The van der Waals surface area contributed by atoms with Crippen LogP contribution in [0.15, 0.2) is 55.1 Å². The smallest absolute Gasteiger partial charge is 0.395 e. The van der Waals surface area contributed by atoms with E-state index in [0.29, 0.717) is 34.3 Å². The van der Waals surface area contributed by atoms with Crippen molar-refractivity contribution in [1.82, 2.24) is 19.5 Å². The van der Waals surface area contributed by atoms with Crippen molar-refractivity contribution in [1.29, 1.82) is 0 Å². The molecule has 2 aromatic heterocycles. The summed E-state index contributed by atoms with van der Waals surface area (Å²) in [5.41, 5.74) is 0.769. The number of aliphatic hydroxyl groups excluding tert-OH is 1. The lowest BCUT2D eigenvalue weighted by atomic mass is 10.1. The van der Waals surface area contributed by atoms with E-state index >= 15 is 0 Å². The molecule has 0 fully saturated rings. The van der Waals surface area contributed by atoms with Crippen LogP contribution in [0.1, 0.15) is 11.1 Å². The first-order chi connectivity index (χ1) is 17.1. The number of aryl methyl sites for hydroxylation is 1. The Labute approximate surface area is 203 Å². The number of hydrogen-bond donors (Lipinski definition) is 3. The minimum absolute atomic E-state index is 0.0152. The number of urea groups is 1. The topological polar surface area (TPSA) is 120 Å². The van der Waals surface area contributed by atoms with Gasteiger partial charge in [-0.3, -0.25) is 9.77 Å². The predicted octanol–water partition coefficient (Wildman–Crippen LogP) is 4.00. The minimum Gasteiger partial charge on any atom is -0.395 e. The summed E-state index contributed by atoms with van der Waals surface area (Å²) < 4.78 is 41.1. The van der Waals surface area contributed by atoms with Crippen molar-refractivity contribution in [2.24, 2.45) is 0 Å². The summed E-state index contributed by atoms with van der Waals surface area (Å²) in [6, 6.07) is 8.46. The quantitative estimate of drug-likeness (QED) is 0.270. The van der Waals surface area contributed by atoms with E-state index in [1.807, 2.05) is 0 Å². The third-order valence-corrected chi connectivity index (χ3v) is 5.47. The lowest BCUT2D eigenvalue weighted by molar-refractivity contribution is -0.138. The van der Waals surface area contributed by atoms with Crippen LogP contribution in [0.3, 0.4) is 0 Å². The van der Waals surface area contributed by atoms with Gasteiger partial charge in [-0.1, -0.05) is 6.07 Å². The molecule has 2 aromatic carbocycles. The van der Waals surface area contributed by atoms with Gasteiger partial charge in [0.2, 0.25) is 0 Å². The average molecular weight is 501 g/mol. The maximum Gasteiger partial charge on any atom is 0.416 e. The van der Waals surface area contributed by atoms with Crippen molar-refractivity contribution in [3.8, 4) is 5.69 Å². The van der Waals surface area contributed by atoms with E-state index in [-0.39, 0.29) is 23.5 Å². The first-order valence-corrected chi connectivity index (χ1v) is 10.7. The number of hydroxylamine groups is 1. The molecule has 0 bridgehead atoms. The summed E-state index contributed by atoms with van der Waals surface area (Å²) in [6.45, 7) is 1.63. The second kappa shape index (κ2) is 9.79. The third-order valence-electron chi connectivity index (χ3n) is 5.47. The standard InChI is InChI=1S/C23H22F3N7O3/c1-14-3-4-15(11-18(14)23(24,25)26)30-22(35)33(36)17-7-5-16(6-8-17)32-13-29-19-20(31(2)9-10-34)27-12-28-21(19)32/h3-8,11-13,34,36H,9-10H2,1-2H3,(H,30,35). The van der Waals surface area contributed by atoms with Crippen LogP contribution >= 0.6 is 0 Å². The SMILES string of the molecule is Cc1ccc(NC(=O)N(O)c2ccc(-n3cnc4c(N(C)CCO)ncnc43)cc2)cc1C(F)(F)F. The van der Waals surface area contributed by atoms with Crippen LogP contribution in [0.2, 0.25) is 0 Å².